The smallest absolute Gasteiger partial charge is 0.248 e. The largest absolute Gasteiger partial charge is 0.326 e. The predicted molar refractivity (Wildman–Crippen MR) is 92.4 cm³/mol. The lowest BCUT2D eigenvalue weighted by Crippen LogP contribution is -2.41. The van der Waals surface area contributed by atoms with Crippen LogP contribution in [0.15, 0.2) is 42.6 Å². The van der Waals surface area contributed by atoms with Crippen molar-refractivity contribution < 1.29 is 9.59 Å². The Hall–Kier alpha value is -2.69. The molecule has 1 aliphatic rings. The number of amides is 2. The second-order valence-electron chi connectivity index (χ2n) is 6.22. The van der Waals surface area contributed by atoms with Crippen LogP contribution in [0, 0.1) is 13.8 Å². The second-order valence-corrected chi connectivity index (χ2v) is 6.22. The first-order chi connectivity index (χ1) is 11.5. The summed E-state index contributed by atoms with van der Waals surface area (Å²) in [4.78, 5) is 30.7. The third-order valence-electron chi connectivity index (χ3n) is 4.36. The van der Waals surface area contributed by atoms with Crippen LogP contribution >= 0.6 is 0 Å². The van der Waals surface area contributed by atoms with Crippen LogP contribution < -0.4 is 5.32 Å². The molecular weight excluding hydrogens is 302 g/mol. The number of aryl methyl sites for hydroxylation is 2. The van der Waals surface area contributed by atoms with Gasteiger partial charge >= 0.3 is 0 Å². The minimum atomic E-state index is -0.444. The summed E-state index contributed by atoms with van der Waals surface area (Å²) in [6.07, 6.45) is 2.60. The van der Waals surface area contributed by atoms with Gasteiger partial charge in [-0.15, -0.1) is 0 Å². The number of likely N-dealkylation sites (tertiary alicyclic amines) is 1. The van der Waals surface area contributed by atoms with Crippen LogP contribution in [0.4, 0.5) is 5.82 Å². The van der Waals surface area contributed by atoms with Crippen molar-refractivity contribution in [2.24, 2.45) is 0 Å². The molecule has 124 valence electrons. The van der Waals surface area contributed by atoms with Gasteiger partial charge in [-0.05, 0) is 37.5 Å². The van der Waals surface area contributed by atoms with Crippen molar-refractivity contribution in [3.63, 3.8) is 0 Å². The lowest BCUT2D eigenvalue weighted by Gasteiger charge is -2.24. The Morgan fingerprint density at radius 1 is 1.25 bits per heavy atom. The maximum Gasteiger partial charge on any atom is 0.248 e. The molecule has 0 radical (unpaired) electrons. The van der Waals surface area contributed by atoms with E-state index in [0.29, 0.717) is 25.2 Å². The monoisotopic (exact) mass is 323 g/mol. The lowest BCUT2D eigenvalue weighted by atomic mass is 10.1. The highest BCUT2D eigenvalue weighted by atomic mass is 16.2. The van der Waals surface area contributed by atoms with Crippen LogP contribution in [0.3, 0.4) is 0 Å². The SMILES string of the molecule is Cc1ccc(CN2C(=O)CCC2C(=O)Nc2ncccc2C)cc1. The molecule has 5 heteroatoms. The molecule has 1 atom stereocenters. The fourth-order valence-electron chi connectivity index (χ4n) is 2.91. The van der Waals surface area contributed by atoms with Crippen molar-refractivity contribution in [1.29, 1.82) is 0 Å². The highest BCUT2D eigenvalue weighted by molar-refractivity contribution is 5.98. The normalized spacial score (nSPS) is 17.2. The first-order valence-electron chi connectivity index (χ1n) is 8.12. The summed E-state index contributed by atoms with van der Waals surface area (Å²) in [5.74, 6) is 0.403. The van der Waals surface area contributed by atoms with Gasteiger partial charge in [0.1, 0.15) is 11.9 Å². The van der Waals surface area contributed by atoms with Crippen LogP contribution in [0.1, 0.15) is 29.5 Å². The Balaban J connectivity index is 1.73. The van der Waals surface area contributed by atoms with Crippen molar-refractivity contribution in [3.05, 3.63) is 59.3 Å². The minimum Gasteiger partial charge on any atom is -0.326 e. The maximum atomic E-state index is 12.6. The summed E-state index contributed by atoms with van der Waals surface area (Å²) in [6.45, 7) is 4.38. The van der Waals surface area contributed by atoms with E-state index in [0.717, 1.165) is 11.1 Å². The van der Waals surface area contributed by atoms with Crippen molar-refractivity contribution in [2.75, 3.05) is 5.32 Å². The number of hydrogen-bond donors (Lipinski definition) is 1. The molecule has 1 aromatic heterocycles. The number of aromatic nitrogens is 1. The fourth-order valence-corrected chi connectivity index (χ4v) is 2.91. The summed E-state index contributed by atoms with van der Waals surface area (Å²) in [5, 5.41) is 2.85. The maximum absolute atomic E-state index is 12.6. The zero-order valence-corrected chi connectivity index (χ0v) is 14.0. The van der Waals surface area contributed by atoms with E-state index in [4.69, 9.17) is 0 Å². The van der Waals surface area contributed by atoms with Gasteiger partial charge in [0, 0.05) is 19.2 Å². The van der Waals surface area contributed by atoms with Crippen LogP contribution in [-0.2, 0) is 16.1 Å². The van der Waals surface area contributed by atoms with Gasteiger partial charge in [0.25, 0.3) is 0 Å². The van der Waals surface area contributed by atoms with Gasteiger partial charge in [0.05, 0.1) is 0 Å². The van der Waals surface area contributed by atoms with Crippen molar-refractivity contribution in [3.8, 4) is 0 Å². The summed E-state index contributed by atoms with van der Waals surface area (Å²) in [6, 6.07) is 11.3. The minimum absolute atomic E-state index is 0.0217. The van der Waals surface area contributed by atoms with E-state index in [-0.39, 0.29) is 11.8 Å². The Morgan fingerprint density at radius 2 is 2.00 bits per heavy atom. The topological polar surface area (TPSA) is 62.3 Å². The van der Waals surface area contributed by atoms with Gasteiger partial charge in [-0.2, -0.15) is 0 Å². The zero-order valence-electron chi connectivity index (χ0n) is 14.0. The van der Waals surface area contributed by atoms with E-state index in [2.05, 4.69) is 10.3 Å². The molecule has 0 aliphatic carbocycles. The molecule has 2 heterocycles. The number of nitrogens with zero attached hydrogens (tertiary/aromatic N) is 2. The molecule has 1 unspecified atom stereocenters. The number of carbonyl (C=O) groups is 2. The standard InChI is InChI=1S/C19H21N3O2/c1-13-5-7-15(8-6-13)12-22-16(9-10-17(22)23)19(24)21-18-14(2)4-3-11-20-18/h3-8,11,16H,9-10,12H2,1-2H3,(H,20,21,24). The molecule has 1 saturated heterocycles. The van der Waals surface area contributed by atoms with Crippen molar-refractivity contribution >= 4 is 17.6 Å². The molecule has 1 N–H and O–H groups in total. The van der Waals surface area contributed by atoms with Gasteiger partial charge in [-0.1, -0.05) is 35.9 Å². The molecule has 1 aliphatic heterocycles. The number of anilines is 1. The lowest BCUT2D eigenvalue weighted by molar-refractivity contribution is -0.133. The van der Waals surface area contributed by atoms with Gasteiger partial charge < -0.3 is 10.2 Å². The summed E-state index contributed by atoms with van der Waals surface area (Å²) >= 11 is 0. The third-order valence-corrected chi connectivity index (χ3v) is 4.36. The highest BCUT2D eigenvalue weighted by Gasteiger charge is 2.36. The third kappa shape index (κ3) is 3.45. The molecule has 1 aromatic carbocycles. The molecule has 0 bridgehead atoms. The summed E-state index contributed by atoms with van der Waals surface area (Å²) < 4.78 is 0. The molecule has 24 heavy (non-hydrogen) atoms. The first kappa shape index (κ1) is 16.2. The number of carbonyl (C=O) groups excluding carboxylic acids is 2. The second kappa shape index (κ2) is 6.83. The van der Waals surface area contributed by atoms with Crippen molar-refractivity contribution in [1.82, 2.24) is 9.88 Å². The molecule has 2 aromatic rings. The van der Waals surface area contributed by atoms with Gasteiger partial charge in [-0.3, -0.25) is 9.59 Å². The van der Waals surface area contributed by atoms with Crippen LogP contribution in [0.25, 0.3) is 0 Å². The van der Waals surface area contributed by atoms with Crippen LogP contribution in [0.2, 0.25) is 0 Å². The van der Waals surface area contributed by atoms with Gasteiger partial charge in [-0.25, -0.2) is 4.98 Å². The Labute approximate surface area is 141 Å². The molecule has 0 spiro atoms. The highest BCUT2D eigenvalue weighted by Crippen LogP contribution is 2.23. The van der Waals surface area contributed by atoms with E-state index in [1.54, 1.807) is 11.1 Å². The molecule has 1 fully saturated rings. The van der Waals surface area contributed by atoms with E-state index in [1.807, 2.05) is 50.2 Å². The summed E-state index contributed by atoms with van der Waals surface area (Å²) in [5.41, 5.74) is 3.11. The predicted octanol–water partition coefficient (Wildman–Crippen LogP) is 2.83. The number of hydrogen-bond acceptors (Lipinski definition) is 3. The average molecular weight is 323 g/mol. The van der Waals surface area contributed by atoms with Gasteiger partial charge in [0.2, 0.25) is 11.8 Å². The number of rotatable bonds is 4. The van der Waals surface area contributed by atoms with Crippen LogP contribution in [0.5, 0.6) is 0 Å². The number of benzene rings is 1. The molecule has 2 amide bonds. The quantitative estimate of drug-likeness (QED) is 0.941. The zero-order chi connectivity index (χ0) is 17.1. The van der Waals surface area contributed by atoms with E-state index < -0.39 is 6.04 Å². The Bertz CT molecular complexity index is 755. The molecule has 5 nitrogen and oxygen atoms in total. The molecular formula is C19H21N3O2. The van der Waals surface area contributed by atoms with E-state index >= 15 is 0 Å². The fraction of sp³-hybridized carbons (Fsp3) is 0.316. The first-order valence-corrected chi connectivity index (χ1v) is 8.12. The average Bonchev–Trinajstić information content (AvgIpc) is 2.93. The van der Waals surface area contributed by atoms with Crippen molar-refractivity contribution in [2.45, 2.75) is 39.3 Å². The van der Waals surface area contributed by atoms with E-state index in [1.165, 1.54) is 5.56 Å². The number of pyridine rings is 1. The molecule has 0 saturated carbocycles. The summed E-state index contributed by atoms with van der Waals surface area (Å²) in [7, 11) is 0. The Kier molecular flexibility index (Phi) is 4.60. The van der Waals surface area contributed by atoms with Gasteiger partial charge in [0.15, 0.2) is 0 Å². The molecule has 3 rings (SSSR count). The Morgan fingerprint density at radius 3 is 2.71 bits per heavy atom. The van der Waals surface area contributed by atoms with Crippen LogP contribution in [-0.4, -0.2) is 27.7 Å². The number of nitrogens with one attached hydrogen (secondary N) is 1. The van der Waals surface area contributed by atoms with E-state index in [9.17, 15) is 9.59 Å².